The minimum Gasteiger partial charge on any atom is -0.334 e. The highest BCUT2D eigenvalue weighted by Crippen LogP contribution is 2.46. The monoisotopic (exact) mass is 317 g/mol. The molecule has 0 aliphatic heterocycles. The van der Waals surface area contributed by atoms with Crippen molar-refractivity contribution in [3.8, 4) is 0 Å². The van der Waals surface area contributed by atoms with Crippen molar-refractivity contribution < 1.29 is 26.3 Å². The van der Waals surface area contributed by atoms with E-state index < -0.39 is 24.3 Å². The van der Waals surface area contributed by atoms with Crippen LogP contribution in [0.25, 0.3) is 0 Å². The van der Waals surface area contributed by atoms with Crippen molar-refractivity contribution in [2.24, 2.45) is 5.92 Å². The van der Waals surface area contributed by atoms with Gasteiger partial charge in [-0.05, 0) is 19.9 Å². The number of imidazole rings is 1. The number of hydrogen-bond donors (Lipinski definition) is 1. The molecule has 1 heterocycles. The van der Waals surface area contributed by atoms with Gasteiger partial charge in [-0.3, -0.25) is 0 Å². The van der Waals surface area contributed by atoms with Crippen LogP contribution in [-0.4, -0.2) is 28.4 Å². The molecule has 0 amide bonds. The number of rotatable bonds is 6. The van der Waals surface area contributed by atoms with Gasteiger partial charge in [0.25, 0.3) is 0 Å². The summed E-state index contributed by atoms with van der Waals surface area (Å²) in [5.41, 5.74) is 0. The third-order valence-corrected chi connectivity index (χ3v) is 3.02. The summed E-state index contributed by atoms with van der Waals surface area (Å²) in [6.07, 6.45) is -7.85. The topological polar surface area (TPSA) is 29.9 Å². The van der Waals surface area contributed by atoms with E-state index in [0.29, 0.717) is 6.42 Å². The first-order valence-corrected chi connectivity index (χ1v) is 6.50. The second-order valence-corrected chi connectivity index (χ2v) is 4.56. The van der Waals surface area contributed by atoms with Gasteiger partial charge in [0, 0.05) is 18.9 Å². The van der Waals surface area contributed by atoms with Crippen molar-refractivity contribution in [1.82, 2.24) is 14.9 Å². The first kappa shape index (κ1) is 17.8. The smallest absolute Gasteiger partial charge is 0.334 e. The van der Waals surface area contributed by atoms with Crippen LogP contribution >= 0.6 is 0 Å². The molecule has 0 spiro atoms. The lowest BCUT2D eigenvalue weighted by atomic mass is 9.97. The molecule has 0 saturated heterocycles. The Labute approximate surface area is 118 Å². The Hall–Kier alpha value is -1.25. The van der Waals surface area contributed by atoms with E-state index in [4.69, 9.17) is 0 Å². The van der Waals surface area contributed by atoms with Gasteiger partial charge in [-0.25, -0.2) is 4.98 Å². The van der Waals surface area contributed by atoms with Gasteiger partial charge in [-0.1, -0.05) is 6.92 Å². The predicted octanol–water partition coefficient (Wildman–Crippen LogP) is 3.68. The minimum absolute atomic E-state index is 0.0316. The highest BCUT2D eigenvalue weighted by Gasteiger charge is 2.61. The summed E-state index contributed by atoms with van der Waals surface area (Å²) in [7, 11) is 0. The largest absolute Gasteiger partial charge is 0.402 e. The van der Waals surface area contributed by atoms with Crippen LogP contribution in [0.15, 0.2) is 12.4 Å². The van der Waals surface area contributed by atoms with Crippen LogP contribution in [0.3, 0.4) is 0 Å². The maximum absolute atomic E-state index is 12.9. The summed E-state index contributed by atoms with van der Waals surface area (Å²) < 4.78 is 78.8. The normalized spacial score (nSPS) is 14.7. The van der Waals surface area contributed by atoms with E-state index in [-0.39, 0.29) is 18.9 Å². The van der Waals surface area contributed by atoms with Gasteiger partial charge < -0.3 is 9.88 Å². The number of nitrogens with one attached hydrogen (secondary N) is 1. The minimum atomic E-state index is -5.41. The second-order valence-electron chi connectivity index (χ2n) is 4.56. The Morgan fingerprint density at radius 3 is 2.14 bits per heavy atom. The van der Waals surface area contributed by atoms with Crippen molar-refractivity contribution in [2.75, 3.05) is 6.54 Å². The second kappa shape index (κ2) is 6.67. The van der Waals surface area contributed by atoms with E-state index in [9.17, 15) is 26.3 Å². The number of aryl methyl sites for hydroxylation is 1. The van der Waals surface area contributed by atoms with Crippen LogP contribution in [0, 0.1) is 5.92 Å². The van der Waals surface area contributed by atoms with Crippen LogP contribution in [0.2, 0.25) is 0 Å². The van der Waals surface area contributed by atoms with Crippen LogP contribution in [0.5, 0.6) is 0 Å². The van der Waals surface area contributed by atoms with Crippen LogP contribution in [0.4, 0.5) is 26.3 Å². The molecule has 0 aliphatic rings. The Morgan fingerprint density at radius 1 is 1.14 bits per heavy atom. The first-order valence-electron chi connectivity index (χ1n) is 6.50. The highest BCUT2D eigenvalue weighted by atomic mass is 19.4. The zero-order valence-electron chi connectivity index (χ0n) is 11.6. The molecule has 0 aliphatic carbocycles. The molecule has 1 unspecified atom stereocenters. The van der Waals surface area contributed by atoms with Gasteiger partial charge in [-0.15, -0.1) is 0 Å². The average molecular weight is 317 g/mol. The average Bonchev–Trinajstić information content (AvgIpc) is 2.78. The Bertz CT molecular complexity index is 423. The molecular formula is C12H17F6N3. The molecule has 0 aromatic carbocycles. The SMILES string of the molecule is CCCNC(c1nccn1CC)C(C(F)(F)F)C(F)(F)F. The molecule has 0 bridgehead atoms. The summed E-state index contributed by atoms with van der Waals surface area (Å²) in [6, 6.07) is -1.96. The highest BCUT2D eigenvalue weighted by molar-refractivity contribution is 5.05. The number of halogens is 6. The van der Waals surface area contributed by atoms with E-state index in [1.54, 1.807) is 13.8 Å². The fourth-order valence-electron chi connectivity index (χ4n) is 2.09. The molecule has 1 N–H and O–H groups in total. The number of nitrogens with zero attached hydrogens (tertiary/aromatic N) is 2. The quantitative estimate of drug-likeness (QED) is 0.811. The Morgan fingerprint density at radius 2 is 1.71 bits per heavy atom. The molecule has 0 saturated carbocycles. The molecule has 122 valence electrons. The molecule has 3 nitrogen and oxygen atoms in total. The zero-order valence-corrected chi connectivity index (χ0v) is 11.6. The molecule has 9 heteroatoms. The number of alkyl halides is 6. The molecule has 1 rings (SSSR count). The van der Waals surface area contributed by atoms with Gasteiger partial charge in [0.05, 0.1) is 6.04 Å². The van der Waals surface area contributed by atoms with Crippen LogP contribution in [0.1, 0.15) is 32.1 Å². The van der Waals surface area contributed by atoms with Crippen molar-refractivity contribution in [3.05, 3.63) is 18.2 Å². The third-order valence-electron chi connectivity index (χ3n) is 3.02. The fraction of sp³-hybridized carbons (Fsp3) is 0.750. The van der Waals surface area contributed by atoms with Gasteiger partial charge in [0.1, 0.15) is 5.82 Å². The summed E-state index contributed by atoms with van der Waals surface area (Å²) in [4.78, 5) is 3.69. The maximum Gasteiger partial charge on any atom is 0.402 e. The fourth-order valence-corrected chi connectivity index (χ4v) is 2.09. The summed E-state index contributed by atoms with van der Waals surface area (Å²) in [5.74, 6) is -3.75. The lowest BCUT2D eigenvalue weighted by Crippen LogP contribution is -2.47. The Kier molecular flexibility index (Phi) is 5.66. The van der Waals surface area contributed by atoms with E-state index in [1.165, 1.54) is 17.0 Å². The maximum atomic E-state index is 12.9. The molecule has 0 radical (unpaired) electrons. The van der Waals surface area contributed by atoms with Gasteiger partial charge in [0.15, 0.2) is 5.92 Å². The van der Waals surface area contributed by atoms with E-state index >= 15 is 0 Å². The van der Waals surface area contributed by atoms with Crippen molar-refractivity contribution >= 4 is 0 Å². The molecule has 0 fully saturated rings. The van der Waals surface area contributed by atoms with Gasteiger partial charge in [-0.2, -0.15) is 26.3 Å². The first-order chi connectivity index (χ1) is 9.62. The predicted molar refractivity (Wildman–Crippen MR) is 64.5 cm³/mol. The van der Waals surface area contributed by atoms with Gasteiger partial charge in [0.2, 0.25) is 0 Å². The van der Waals surface area contributed by atoms with Crippen molar-refractivity contribution in [1.29, 1.82) is 0 Å². The lowest BCUT2D eigenvalue weighted by Gasteiger charge is -2.31. The number of hydrogen-bond acceptors (Lipinski definition) is 2. The van der Waals surface area contributed by atoms with Gasteiger partial charge >= 0.3 is 12.4 Å². The summed E-state index contributed by atoms with van der Waals surface area (Å²) in [6.45, 7) is 3.55. The molecule has 1 aromatic heterocycles. The molecule has 1 atom stereocenters. The van der Waals surface area contributed by atoms with Crippen LogP contribution in [-0.2, 0) is 6.54 Å². The van der Waals surface area contributed by atoms with E-state index in [1.807, 2.05) is 0 Å². The summed E-state index contributed by atoms with van der Waals surface area (Å²) in [5, 5.41) is 2.34. The standard InChI is InChI=1S/C12H17F6N3/c1-3-5-19-8(10-20-6-7-21(10)4-2)9(11(13,14)15)12(16,17)18/h6-9,19H,3-5H2,1-2H3. The van der Waals surface area contributed by atoms with E-state index in [2.05, 4.69) is 10.3 Å². The van der Waals surface area contributed by atoms with Crippen LogP contribution < -0.4 is 5.32 Å². The van der Waals surface area contributed by atoms with Crippen molar-refractivity contribution in [2.45, 2.75) is 45.2 Å². The molecule has 1 aromatic rings. The Balaban J connectivity index is 3.27. The van der Waals surface area contributed by atoms with E-state index in [0.717, 1.165) is 0 Å². The summed E-state index contributed by atoms with van der Waals surface area (Å²) >= 11 is 0. The third kappa shape index (κ3) is 4.36. The molecule has 21 heavy (non-hydrogen) atoms. The van der Waals surface area contributed by atoms with Crippen molar-refractivity contribution in [3.63, 3.8) is 0 Å². The number of aromatic nitrogens is 2. The zero-order chi connectivity index (χ0) is 16.3. The lowest BCUT2D eigenvalue weighted by molar-refractivity contribution is -0.293. The molecular weight excluding hydrogens is 300 g/mol.